The van der Waals surface area contributed by atoms with E-state index >= 15 is 0 Å². The summed E-state index contributed by atoms with van der Waals surface area (Å²) in [5.41, 5.74) is 5.06. The highest BCUT2D eigenvalue weighted by Gasteiger charge is 2.26. The Labute approximate surface area is 233 Å². The zero-order valence-electron chi connectivity index (χ0n) is 22.8. The first-order valence-corrected chi connectivity index (χ1v) is 13.6. The molecule has 1 atom stereocenters. The van der Waals surface area contributed by atoms with Crippen LogP contribution in [0.1, 0.15) is 40.4 Å². The van der Waals surface area contributed by atoms with Crippen molar-refractivity contribution in [2.45, 2.75) is 38.3 Å². The number of nitrogens with zero attached hydrogens (tertiary/aromatic N) is 3. The number of pyridine rings is 1. The monoisotopic (exact) mass is 532 g/mol. The van der Waals surface area contributed by atoms with E-state index in [0.29, 0.717) is 25.9 Å². The van der Waals surface area contributed by atoms with Crippen molar-refractivity contribution in [3.63, 3.8) is 0 Å². The molecule has 1 aliphatic rings. The summed E-state index contributed by atoms with van der Waals surface area (Å²) >= 11 is 0. The number of rotatable bonds is 8. The predicted molar refractivity (Wildman–Crippen MR) is 157 cm³/mol. The number of benzene rings is 3. The smallest absolute Gasteiger partial charge is 0.254 e. The van der Waals surface area contributed by atoms with E-state index in [1.54, 1.807) is 14.2 Å². The zero-order valence-corrected chi connectivity index (χ0v) is 22.8. The number of hydrogen-bond donors (Lipinski definition) is 1. The van der Waals surface area contributed by atoms with Crippen molar-refractivity contribution in [1.82, 2.24) is 15.0 Å². The maximum absolute atomic E-state index is 12.4. The van der Waals surface area contributed by atoms with Crippen LogP contribution in [0.3, 0.4) is 0 Å². The SMILES string of the molecule is COc1ccc(CN(Cc2ccc(OC)cc2)c2cc3ccccc3c(C3CCc4c(nc[nH]c4=O)C3)n2)cc1. The first kappa shape index (κ1) is 25.6. The van der Waals surface area contributed by atoms with Crippen molar-refractivity contribution in [2.24, 2.45) is 0 Å². The quantitative estimate of drug-likeness (QED) is 0.272. The van der Waals surface area contributed by atoms with Gasteiger partial charge in [0.05, 0.1) is 31.9 Å². The van der Waals surface area contributed by atoms with Crippen LogP contribution in [0.4, 0.5) is 5.82 Å². The molecule has 1 unspecified atom stereocenters. The van der Waals surface area contributed by atoms with Crippen LogP contribution in [0.5, 0.6) is 11.5 Å². The van der Waals surface area contributed by atoms with Gasteiger partial charge in [-0.3, -0.25) is 4.79 Å². The van der Waals surface area contributed by atoms with Crippen molar-refractivity contribution in [3.05, 3.63) is 124 Å². The van der Waals surface area contributed by atoms with Crippen molar-refractivity contribution in [3.8, 4) is 11.5 Å². The van der Waals surface area contributed by atoms with E-state index in [1.165, 1.54) is 17.5 Å². The van der Waals surface area contributed by atoms with Crippen LogP contribution in [0.25, 0.3) is 10.8 Å². The van der Waals surface area contributed by atoms with Crippen molar-refractivity contribution in [2.75, 3.05) is 19.1 Å². The van der Waals surface area contributed by atoms with Gasteiger partial charge in [0.1, 0.15) is 17.3 Å². The molecule has 40 heavy (non-hydrogen) atoms. The van der Waals surface area contributed by atoms with Crippen LogP contribution in [-0.2, 0) is 25.9 Å². The fourth-order valence-electron chi connectivity index (χ4n) is 5.59. The molecule has 7 nitrogen and oxygen atoms in total. The number of nitrogens with one attached hydrogen (secondary N) is 1. The van der Waals surface area contributed by atoms with Crippen LogP contribution in [0.2, 0.25) is 0 Å². The van der Waals surface area contributed by atoms with E-state index in [1.807, 2.05) is 24.3 Å². The molecule has 0 amide bonds. The summed E-state index contributed by atoms with van der Waals surface area (Å²) in [6.07, 6.45) is 3.78. The molecular weight excluding hydrogens is 500 g/mol. The van der Waals surface area contributed by atoms with Crippen LogP contribution >= 0.6 is 0 Å². The summed E-state index contributed by atoms with van der Waals surface area (Å²) in [4.78, 5) is 27.3. The molecule has 0 saturated heterocycles. The van der Waals surface area contributed by atoms with Crippen LogP contribution in [0, 0.1) is 0 Å². The third-order valence-corrected chi connectivity index (χ3v) is 7.75. The van der Waals surface area contributed by atoms with Gasteiger partial charge in [-0.15, -0.1) is 0 Å². The first-order valence-electron chi connectivity index (χ1n) is 13.6. The predicted octanol–water partition coefficient (Wildman–Crippen LogP) is 5.81. The fourth-order valence-corrected chi connectivity index (χ4v) is 5.59. The number of aromatic nitrogens is 3. The highest BCUT2D eigenvalue weighted by atomic mass is 16.5. The number of aromatic amines is 1. The lowest BCUT2D eigenvalue weighted by Crippen LogP contribution is -2.26. The van der Waals surface area contributed by atoms with Crippen LogP contribution < -0.4 is 19.9 Å². The highest BCUT2D eigenvalue weighted by molar-refractivity contribution is 5.87. The molecule has 202 valence electrons. The Morgan fingerprint density at radius 1 is 0.900 bits per heavy atom. The average molecular weight is 533 g/mol. The molecule has 0 spiro atoms. The molecule has 5 aromatic rings. The lowest BCUT2D eigenvalue weighted by molar-refractivity contribution is 0.414. The molecule has 2 aromatic heterocycles. The molecular formula is C33H32N4O3. The molecule has 0 saturated carbocycles. The molecule has 0 aliphatic heterocycles. The van der Waals surface area contributed by atoms with Crippen LogP contribution in [-0.4, -0.2) is 29.2 Å². The highest BCUT2D eigenvalue weighted by Crippen LogP contribution is 2.36. The largest absolute Gasteiger partial charge is 0.497 e. The van der Waals surface area contributed by atoms with Gasteiger partial charge in [-0.2, -0.15) is 0 Å². The zero-order chi connectivity index (χ0) is 27.5. The van der Waals surface area contributed by atoms with E-state index in [9.17, 15) is 4.79 Å². The average Bonchev–Trinajstić information content (AvgIpc) is 3.01. The lowest BCUT2D eigenvalue weighted by atomic mass is 9.83. The maximum atomic E-state index is 12.4. The fraction of sp³-hybridized carbons (Fsp3) is 0.242. The third-order valence-electron chi connectivity index (χ3n) is 7.75. The number of H-pyrrole nitrogens is 1. The Morgan fingerprint density at radius 2 is 1.55 bits per heavy atom. The summed E-state index contributed by atoms with van der Waals surface area (Å²) < 4.78 is 10.8. The molecule has 2 heterocycles. The van der Waals surface area contributed by atoms with Gasteiger partial charge in [0.15, 0.2) is 0 Å². The summed E-state index contributed by atoms with van der Waals surface area (Å²) in [6.45, 7) is 1.37. The van der Waals surface area contributed by atoms with Gasteiger partial charge < -0.3 is 19.4 Å². The molecule has 7 heteroatoms. The normalized spacial score (nSPS) is 14.5. The summed E-state index contributed by atoms with van der Waals surface area (Å²) in [5, 5.41) is 2.31. The van der Waals surface area contributed by atoms with Gasteiger partial charge in [-0.1, -0.05) is 48.5 Å². The summed E-state index contributed by atoms with van der Waals surface area (Å²) in [5.74, 6) is 2.77. The molecule has 1 N–H and O–H groups in total. The van der Waals surface area contributed by atoms with E-state index in [2.05, 4.69) is 69.5 Å². The Bertz CT molecular complexity index is 1630. The van der Waals surface area contributed by atoms with E-state index < -0.39 is 0 Å². The minimum atomic E-state index is -0.0276. The Morgan fingerprint density at radius 3 is 2.20 bits per heavy atom. The second-order valence-electron chi connectivity index (χ2n) is 10.2. The van der Waals surface area contributed by atoms with Gasteiger partial charge in [0.2, 0.25) is 0 Å². The molecule has 0 radical (unpaired) electrons. The second-order valence-corrected chi connectivity index (χ2v) is 10.2. The minimum Gasteiger partial charge on any atom is -0.497 e. The Hall–Kier alpha value is -4.65. The molecule has 0 bridgehead atoms. The van der Waals surface area contributed by atoms with Gasteiger partial charge in [0.25, 0.3) is 5.56 Å². The number of anilines is 1. The van der Waals surface area contributed by atoms with E-state index in [-0.39, 0.29) is 11.5 Å². The van der Waals surface area contributed by atoms with Crippen molar-refractivity contribution in [1.29, 1.82) is 0 Å². The Balaban J connectivity index is 1.41. The second kappa shape index (κ2) is 11.2. The topological polar surface area (TPSA) is 80.3 Å². The molecule has 6 rings (SSSR count). The number of hydrogen-bond acceptors (Lipinski definition) is 6. The minimum absolute atomic E-state index is 0.0276. The molecule has 1 aliphatic carbocycles. The van der Waals surface area contributed by atoms with Gasteiger partial charge >= 0.3 is 0 Å². The van der Waals surface area contributed by atoms with Crippen molar-refractivity contribution >= 4 is 16.6 Å². The van der Waals surface area contributed by atoms with Gasteiger partial charge in [0, 0.05) is 30.0 Å². The number of fused-ring (bicyclic) bond motifs is 2. The number of methoxy groups -OCH3 is 2. The first-order chi connectivity index (χ1) is 19.6. The van der Waals surface area contributed by atoms with Gasteiger partial charge in [-0.05, 0) is 66.1 Å². The summed E-state index contributed by atoms with van der Waals surface area (Å²) in [6, 6.07) is 27.0. The van der Waals surface area contributed by atoms with Gasteiger partial charge in [-0.25, -0.2) is 9.97 Å². The maximum Gasteiger partial charge on any atom is 0.254 e. The molecule has 0 fully saturated rings. The van der Waals surface area contributed by atoms with E-state index in [0.717, 1.165) is 51.5 Å². The third kappa shape index (κ3) is 5.27. The Kier molecular flexibility index (Phi) is 7.19. The standard InChI is InChI=1S/C33H32N4O3/c1-39-26-12-7-22(8-13-26)19-37(20-23-9-14-27(40-2)15-10-23)31-18-24-5-3-4-6-28(24)32(36-31)25-11-16-29-30(17-25)34-21-35-33(29)38/h3-10,12-15,18,21,25H,11,16-17,19-20H2,1-2H3,(H,34,35,38). The summed E-state index contributed by atoms with van der Waals surface area (Å²) in [7, 11) is 3.36. The molecule has 3 aromatic carbocycles. The number of ether oxygens (including phenoxy) is 2. The van der Waals surface area contributed by atoms with Crippen LogP contribution in [0.15, 0.2) is 90.0 Å². The lowest BCUT2D eigenvalue weighted by Gasteiger charge is -2.28. The van der Waals surface area contributed by atoms with Crippen molar-refractivity contribution < 1.29 is 9.47 Å². The van der Waals surface area contributed by atoms with E-state index in [4.69, 9.17) is 14.5 Å².